The molecule has 3 N–H and O–H groups in total. The molecule has 0 saturated heterocycles. The number of nitrogens with zero attached hydrogens (tertiary/aromatic N) is 2. The second-order valence-corrected chi connectivity index (χ2v) is 6.68. The van der Waals surface area contributed by atoms with Crippen molar-refractivity contribution in [2.45, 2.75) is 26.3 Å². The molecule has 0 atom stereocenters. The van der Waals surface area contributed by atoms with Crippen LogP contribution < -0.4 is 15.4 Å². The van der Waals surface area contributed by atoms with Crippen molar-refractivity contribution >= 4 is 21.7 Å². The van der Waals surface area contributed by atoms with Crippen molar-refractivity contribution in [3.63, 3.8) is 0 Å². The van der Waals surface area contributed by atoms with Crippen LogP contribution in [0, 0.1) is 0 Å². The van der Waals surface area contributed by atoms with Crippen LogP contribution in [0.3, 0.4) is 0 Å². The first-order valence-electron chi connectivity index (χ1n) is 6.00. The van der Waals surface area contributed by atoms with Crippen LogP contribution in [-0.4, -0.2) is 43.3 Å². The molecule has 8 heteroatoms. The van der Waals surface area contributed by atoms with E-state index in [2.05, 4.69) is 25.3 Å². The van der Waals surface area contributed by atoms with Crippen molar-refractivity contribution < 1.29 is 8.42 Å². The summed E-state index contributed by atoms with van der Waals surface area (Å²) in [7, 11) is -3.24. The molecule has 0 aromatic carbocycles. The van der Waals surface area contributed by atoms with Crippen LogP contribution in [0.5, 0.6) is 0 Å². The Kier molecular flexibility index (Phi) is 5.07. The summed E-state index contributed by atoms with van der Waals surface area (Å²) < 4.78 is 25.0. The molecule has 0 aliphatic heterocycles. The van der Waals surface area contributed by atoms with E-state index in [4.69, 9.17) is 0 Å². The summed E-state index contributed by atoms with van der Waals surface area (Å²) in [6, 6.07) is 1.78. The SMILES string of the molecule is CCNc1cc(NCC(C)(C)NS(C)(=O)=O)ncn1. The standard InChI is InChI=1S/C11H21N5O2S/c1-5-12-9-6-10(15-8-14-9)13-7-11(2,3)16-19(4,17)18/h6,8,16H,5,7H2,1-4H3,(H2,12,13,14,15). The molecule has 0 bridgehead atoms. The van der Waals surface area contributed by atoms with Crippen molar-refractivity contribution in [1.29, 1.82) is 0 Å². The zero-order valence-electron chi connectivity index (χ0n) is 11.7. The van der Waals surface area contributed by atoms with Gasteiger partial charge in [-0.2, -0.15) is 0 Å². The van der Waals surface area contributed by atoms with E-state index in [1.165, 1.54) is 6.33 Å². The summed E-state index contributed by atoms with van der Waals surface area (Å²) in [5.74, 6) is 1.38. The highest BCUT2D eigenvalue weighted by molar-refractivity contribution is 7.88. The van der Waals surface area contributed by atoms with Gasteiger partial charge in [-0.1, -0.05) is 0 Å². The third kappa shape index (κ3) is 6.35. The summed E-state index contributed by atoms with van der Waals surface area (Å²) in [6.07, 6.45) is 2.60. The first-order valence-corrected chi connectivity index (χ1v) is 7.90. The van der Waals surface area contributed by atoms with Crippen LogP contribution in [0.2, 0.25) is 0 Å². The van der Waals surface area contributed by atoms with Crippen LogP contribution in [0.25, 0.3) is 0 Å². The van der Waals surface area contributed by atoms with E-state index in [0.717, 1.165) is 18.6 Å². The van der Waals surface area contributed by atoms with Gasteiger partial charge in [0, 0.05) is 24.7 Å². The van der Waals surface area contributed by atoms with Crippen molar-refractivity contribution in [2.24, 2.45) is 0 Å². The predicted octanol–water partition coefficient (Wildman–Crippen LogP) is 0.648. The number of nitrogens with one attached hydrogen (secondary N) is 3. The maximum absolute atomic E-state index is 11.2. The van der Waals surface area contributed by atoms with Gasteiger partial charge in [0.2, 0.25) is 10.0 Å². The number of sulfonamides is 1. The van der Waals surface area contributed by atoms with Crippen LogP contribution in [0.15, 0.2) is 12.4 Å². The fourth-order valence-corrected chi connectivity index (χ4v) is 2.66. The molecule has 0 aliphatic carbocycles. The highest BCUT2D eigenvalue weighted by Gasteiger charge is 2.21. The zero-order valence-corrected chi connectivity index (χ0v) is 12.5. The molecule has 108 valence electrons. The molecule has 7 nitrogen and oxygen atoms in total. The van der Waals surface area contributed by atoms with Gasteiger partial charge in [-0.15, -0.1) is 0 Å². The lowest BCUT2D eigenvalue weighted by Gasteiger charge is -2.25. The monoisotopic (exact) mass is 287 g/mol. The fourth-order valence-electron chi connectivity index (χ4n) is 1.58. The van der Waals surface area contributed by atoms with Gasteiger partial charge in [-0.25, -0.2) is 23.1 Å². The molecule has 1 aromatic heterocycles. The van der Waals surface area contributed by atoms with Crippen LogP contribution in [0.4, 0.5) is 11.6 Å². The minimum Gasteiger partial charge on any atom is -0.370 e. The van der Waals surface area contributed by atoms with Crippen molar-refractivity contribution in [3.05, 3.63) is 12.4 Å². The van der Waals surface area contributed by atoms with Gasteiger partial charge >= 0.3 is 0 Å². The molecular formula is C11H21N5O2S. The zero-order chi connectivity index (χ0) is 14.5. The molecule has 0 unspecified atom stereocenters. The molecular weight excluding hydrogens is 266 g/mol. The molecule has 0 radical (unpaired) electrons. The summed E-state index contributed by atoms with van der Waals surface area (Å²) >= 11 is 0. The van der Waals surface area contributed by atoms with E-state index < -0.39 is 15.6 Å². The number of hydrogen-bond donors (Lipinski definition) is 3. The number of rotatable bonds is 7. The average Bonchev–Trinajstić information content (AvgIpc) is 2.24. The van der Waals surface area contributed by atoms with Crippen LogP contribution >= 0.6 is 0 Å². The topological polar surface area (TPSA) is 96.0 Å². The summed E-state index contributed by atoms with van der Waals surface area (Å²) in [6.45, 7) is 6.77. The van der Waals surface area contributed by atoms with Crippen molar-refractivity contribution in [2.75, 3.05) is 30.0 Å². The van der Waals surface area contributed by atoms with Crippen LogP contribution in [0.1, 0.15) is 20.8 Å². The van der Waals surface area contributed by atoms with E-state index in [1.807, 2.05) is 6.92 Å². The Bertz CT molecular complexity index is 516. The number of hydrogen-bond acceptors (Lipinski definition) is 6. The molecule has 0 amide bonds. The Labute approximate surface area is 114 Å². The molecule has 0 fully saturated rings. The quantitative estimate of drug-likeness (QED) is 0.681. The second kappa shape index (κ2) is 6.16. The molecule has 0 spiro atoms. The molecule has 1 rings (SSSR count). The van der Waals surface area contributed by atoms with Crippen molar-refractivity contribution in [3.8, 4) is 0 Å². The summed E-state index contributed by atoms with van der Waals surface area (Å²) in [5.41, 5.74) is -0.600. The highest BCUT2D eigenvalue weighted by atomic mass is 32.2. The lowest BCUT2D eigenvalue weighted by atomic mass is 10.1. The van der Waals surface area contributed by atoms with E-state index in [9.17, 15) is 8.42 Å². The summed E-state index contributed by atoms with van der Waals surface area (Å²) in [4.78, 5) is 8.14. The largest absolute Gasteiger partial charge is 0.370 e. The lowest BCUT2D eigenvalue weighted by molar-refractivity contribution is 0.476. The van der Waals surface area contributed by atoms with E-state index in [1.54, 1.807) is 19.9 Å². The number of aromatic nitrogens is 2. The second-order valence-electron chi connectivity index (χ2n) is 4.93. The van der Waals surface area contributed by atoms with E-state index >= 15 is 0 Å². The summed E-state index contributed by atoms with van der Waals surface area (Å²) in [5, 5.41) is 6.17. The predicted molar refractivity (Wildman–Crippen MR) is 76.7 cm³/mol. The molecule has 1 aromatic rings. The van der Waals surface area contributed by atoms with E-state index in [0.29, 0.717) is 12.4 Å². The third-order valence-corrected chi connectivity index (χ3v) is 3.12. The van der Waals surface area contributed by atoms with Gasteiger partial charge in [0.1, 0.15) is 18.0 Å². The first kappa shape index (κ1) is 15.6. The molecule has 1 heterocycles. The Balaban J connectivity index is 2.63. The normalized spacial score (nSPS) is 12.2. The smallest absolute Gasteiger partial charge is 0.209 e. The molecule has 19 heavy (non-hydrogen) atoms. The minimum atomic E-state index is -3.24. The van der Waals surface area contributed by atoms with E-state index in [-0.39, 0.29) is 0 Å². The molecule has 0 saturated carbocycles. The van der Waals surface area contributed by atoms with Crippen LogP contribution in [-0.2, 0) is 10.0 Å². The Hall–Kier alpha value is -1.41. The maximum atomic E-state index is 11.2. The third-order valence-electron chi connectivity index (χ3n) is 2.20. The van der Waals surface area contributed by atoms with Crippen molar-refractivity contribution in [1.82, 2.24) is 14.7 Å². The van der Waals surface area contributed by atoms with Gasteiger partial charge in [0.15, 0.2) is 0 Å². The average molecular weight is 287 g/mol. The Morgan fingerprint density at radius 3 is 2.32 bits per heavy atom. The Morgan fingerprint density at radius 1 is 1.21 bits per heavy atom. The van der Waals surface area contributed by atoms with Gasteiger partial charge in [-0.05, 0) is 20.8 Å². The highest BCUT2D eigenvalue weighted by Crippen LogP contribution is 2.11. The Morgan fingerprint density at radius 2 is 1.79 bits per heavy atom. The number of anilines is 2. The first-order chi connectivity index (χ1) is 8.72. The van der Waals surface area contributed by atoms with Gasteiger partial charge in [0.05, 0.1) is 6.26 Å². The van der Waals surface area contributed by atoms with Gasteiger partial charge < -0.3 is 10.6 Å². The van der Waals surface area contributed by atoms with Gasteiger partial charge in [0.25, 0.3) is 0 Å². The maximum Gasteiger partial charge on any atom is 0.209 e. The fraction of sp³-hybridized carbons (Fsp3) is 0.636. The lowest BCUT2D eigenvalue weighted by Crippen LogP contribution is -2.47. The minimum absolute atomic E-state index is 0.419. The van der Waals surface area contributed by atoms with Gasteiger partial charge in [-0.3, -0.25) is 0 Å². The molecule has 0 aliphatic rings.